The highest BCUT2D eigenvalue weighted by Gasteiger charge is 2.09. The number of rotatable bonds is 5. The fourth-order valence-electron chi connectivity index (χ4n) is 1.63. The van der Waals surface area contributed by atoms with Crippen LogP contribution in [0.2, 0.25) is 15.1 Å². The number of carbonyl (C=O) groups is 2. The Bertz CT molecular complexity index is 794. The second kappa shape index (κ2) is 8.68. The number of hydrogen-bond acceptors (Lipinski definition) is 4. The van der Waals surface area contributed by atoms with E-state index in [4.69, 9.17) is 39.5 Å². The molecule has 0 saturated carbocycles. The Kier molecular flexibility index (Phi) is 6.61. The number of esters is 1. The first kappa shape index (κ1) is 18.3. The molecule has 5 nitrogen and oxygen atoms in total. The lowest BCUT2D eigenvalue weighted by Crippen LogP contribution is -2.20. The molecule has 0 atom stereocenters. The molecule has 0 saturated heterocycles. The zero-order valence-corrected chi connectivity index (χ0v) is 14.4. The predicted molar refractivity (Wildman–Crippen MR) is 94.3 cm³/mol. The third-order valence-corrected chi connectivity index (χ3v) is 3.40. The zero-order chi connectivity index (χ0) is 17.5. The van der Waals surface area contributed by atoms with E-state index in [0.29, 0.717) is 10.0 Å². The van der Waals surface area contributed by atoms with Crippen LogP contribution in [0.4, 0.5) is 5.82 Å². The number of nitrogens with one attached hydrogen (secondary N) is 1. The molecule has 0 radical (unpaired) electrons. The van der Waals surface area contributed by atoms with Gasteiger partial charge in [0.2, 0.25) is 0 Å². The van der Waals surface area contributed by atoms with Gasteiger partial charge < -0.3 is 10.1 Å². The summed E-state index contributed by atoms with van der Waals surface area (Å²) in [5.74, 6) is -1.10. The van der Waals surface area contributed by atoms with Crippen molar-refractivity contribution >= 4 is 58.6 Å². The van der Waals surface area contributed by atoms with Crippen molar-refractivity contribution in [3.8, 4) is 0 Å². The Hall–Kier alpha value is -2.08. The molecule has 1 aromatic carbocycles. The fourth-order valence-corrected chi connectivity index (χ4v) is 2.26. The number of benzene rings is 1. The quantitative estimate of drug-likeness (QED) is 0.617. The van der Waals surface area contributed by atoms with Crippen molar-refractivity contribution in [1.82, 2.24) is 4.98 Å². The molecule has 0 unspecified atom stereocenters. The van der Waals surface area contributed by atoms with Gasteiger partial charge in [0.15, 0.2) is 12.4 Å². The Labute approximate surface area is 153 Å². The van der Waals surface area contributed by atoms with Gasteiger partial charge in [0.25, 0.3) is 5.91 Å². The zero-order valence-electron chi connectivity index (χ0n) is 12.1. The summed E-state index contributed by atoms with van der Waals surface area (Å²) in [5.41, 5.74) is 0.737. The van der Waals surface area contributed by atoms with Crippen molar-refractivity contribution in [1.29, 1.82) is 0 Å². The molecule has 1 aromatic heterocycles. The number of anilines is 1. The van der Waals surface area contributed by atoms with Crippen molar-refractivity contribution in [2.24, 2.45) is 0 Å². The van der Waals surface area contributed by atoms with Gasteiger partial charge in [0.1, 0.15) is 0 Å². The lowest BCUT2D eigenvalue weighted by atomic mass is 10.2. The van der Waals surface area contributed by atoms with E-state index >= 15 is 0 Å². The maximum atomic E-state index is 11.7. The fraction of sp³-hybridized carbons (Fsp3) is 0.0625. The highest BCUT2D eigenvalue weighted by atomic mass is 35.5. The van der Waals surface area contributed by atoms with Crippen molar-refractivity contribution in [2.75, 3.05) is 11.9 Å². The molecule has 0 aliphatic heterocycles. The summed E-state index contributed by atoms with van der Waals surface area (Å²) in [7, 11) is 0. The molecule has 2 aromatic rings. The summed E-state index contributed by atoms with van der Waals surface area (Å²) >= 11 is 17.4. The topological polar surface area (TPSA) is 68.3 Å². The van der Waals surface area contributed by atoms with Crippen molar-refractivity contribution < 1.29 is 14.3 Å². The van der Waals surface area contributed by atoms with Crippen molar-refractivity contribution in [2.45, 2.75) is 0 Å². The maximum Gasteiger partial charge on any atom is 0.331 e. The molecular weight excluding hydrogens is 375 g/mol. The number of carbonyl (C=O) groups excluding carboxylic acids is 2. The molecule has 0 spiro atoms. The molecule has 24 heavy (non-hydrogen) atoms. The number of amides is 1. The number of pyridine rings is 1. The monoisotopic (exact) mass is 384 g/mol. The van der Waals surface area contributed by atoms with Crippen LogP contribution in [-0.2, 0) is 14.3 Å². The van der Waals surface area contributed by atoms with Gasteiger partial charge >= 0.3 is 5.97 Å². The van der Waals surface area contributed by atoms with Crippen molar-refractivity contribution in [3.05, 3.63) is 63.2 Å². The Balaban J connectivity index is 1.83. The largest absolute Gasteiger partial charge is 0.452 e. The minimum atomic E-state index is -0.666. The van der Waals surface area contributed by atoms with E-state index in [1.807, 2.05) is 0 Å². The Morgan fingerprint density at radius 1 is 1.17 bits per heavy atom. The molecule has 0 aliphatic rings. The average molecular weight is 386 g/mol. The van der Waals surface area contributed by atoms with Crippen LogP contribution in [-0.4, -0.2) is 23.5 Å². The summed E-state index contributed by atoms with van der Waals surface area (Å²) in [6.07, 6.45) is 4.07. The highest BCUT2D eigenvalue weighted by molar-refractivity contribution is 6.36. The van der Waals surface area contributed by atoms with Crippen LogP contribution >= 0.6 is 34.8 Å². The highest BCUT2D eigenvalue weighted by Crippen LogP contribution is 2.22. The van der Waals surface area contributed by atoms with Crippen LogP contribution in [0.15, 0.2) is 42.6 Å². The smallest absolute Gasteiger partial charge is 0.331 e. The van der Waals surface area contributed by atoms with E-state index in [0.717, 1.165) is 5.56 Å². The van der Waals surface area contributed by atoms with Gasteiger partial charge in [-0.1, -0.05) is 46.9 Å². The summed E-state index contributed by atoms with van der Waals surface area (Å²) in [6, 6.07) is 8.37. The second-order valence-corrected chi connectivity index (χ2v) is 5.81. The maximum absolute atomic E-state index is 11.7. The van der Waals surface area contributed by atoms with E-state index in [-0.39, 0.29) is 10.8 Å². The van der Waals surface area contributed by atoms with Crippen LogP contribution in [0.3, 0.4) is 0 Å². The van der Waals surface area contributed by atoms with Crippen LogP contribution in [0.25, 0.3) is 6.08 Å². The molecular formula is C16H11Cl3N2O3. The van der Waals surface area contributed by atoms with E-state index in [1.165, 1.54) is 24.4 Å². The molecule has 0 bridgehead atoms. The number of halogens is 3. The minimum absolute atomic E-state index is 0.136. The summed E-state index contributed by atoms with van der Waals surface area (Å²) < 4.78 is 4.82. The molecule has 2 rings (SSSR count). The Morgan fingerprint density at radius 3 is 2.67 bits per heavy atom. The number of aromatic nitrogens is 1. The third-order valence-electron chi connectivity index (χ3n) is 2.67. The van der Waals surface area contributed by atoms with E-state index in [9.17, 15) is 9.59 Å². The SMILES string of the molecule is O=C(COC(=O)C=Cc1cccc(Cl)c1)Nc1ncc(Cl)cc1Cl. The first-order valence-corrected chi connectivity index (χ1v) is 7.79. The van der Waals surface area contributed by atoms with Crippen molar-refractivity contribution in [3.63, 3.8) is 0 Å². The van der Waals surface area contributed by atoms with Gasteiger partial charge in [-0.05, 0) is 29.8 Å². The first-order chi connectivity index (χ1) is 11.4. The van der Waals surface area contributed by atoms with E-state index in [1.54, 1.807) is 24.3 Å². The number of nitrogens with zero attached hydrogens (tertiary/aromatic N) is 1. The summed E-state index contributed by atoms with van der Waals surface area (Å²) in [5, 5.41) is 3.49. The molecule has 124 valence electrons. The molecule has 1 heterocycles. The standard InChI is InChI=1S/C16H11Cl3N2O3/c17-11-3-1-2-10(6-11)4-5-15(23)24-9-14(22)21-16-13(19)7-12(18)8-20-16/h1-8H,9H2,(H,20,21,22). The van der Waals surface area contributed by atoms with Crippen LogP contribution in [0, 0.1) is 0 Å². The number of ether oxygens (including phenoxy) is 1. The van der Waals surface area contributed by atoms with Gasteiger partial charge in [0.05, 0.1) is 10.0 Å². The van der Waals surface area contributed by atoms with E-state index < -0.39 is 18.5 Å². The third kappa shape index (κ3) is 5.85. The van der Waals surface area contributed by atoms with E-state index in [2.05, 4.69) is 10.3 Å². The first-order valence-electron chi connectivity index (χ1n) is 6.65. The normalized spacial score (nSPS) is 10.6. The van der Waals surface area contributed by atoms with Crippen LogP contribution < -0.4 is 5.32 Å². The molecule has 1 amide bonds. The van der Waals surface area contributed by atoms with Gasteiger partial charge in [-0.3, -0.25) is 4.79 Å². The second-order valence-electron chi connectivity index (χ2n) is 4.53. The van der Waals surface area contributed by atoms with Crippen LogP contribution in [0.5, 0.6) is 0 Å². The Morgan fingerprint density at radius 2 is 1.96 bits per heavy atom. The average Bonchev–Trinajstić information content (AvgIpc) is 2.54. The lowest BCUT2D eigenvalue weighted by Gasteiger charge is -2.06. The van der Waals surface area contributed by atoms with Gasteiger partial charge in [-0.2, -0.15) is 0 Å². The molecule has 8 heteroatoms. The van der Waals surface area contributed by atoms with Gasteiger partial charge in [0, 0.05) is 17.3 Å². The summed E-state index contributed by atoms with van der Waals surface area (Å²) in [4.78, 5) is 27.2. The lowest BCUT2D eigenvalue weighted by molar-refractivity contribution is -0.142. The molecule has 0 aliphatic carbocycles. The van der Waals surface area contributed by atoms with Gasteiger partial charge in [-0.15, -0.1) is 0 Å². The molecule has 1 N–H and O–H groups in total. The minimum Gasteiger partial charge on any atom is -0.452 e. The van der Waals surface area contributed by atoms with Crippen LogP contribution in [0.1, 0.15) is 5.56 Å². The number of hydrogen-bond donors (Lipinski definition) is 1. The summed E-state index contributed by atoms with van der Waals surface area (Å²) in [6.45, 7) is -0.473. The predicted octanol–water partition coefficient (Wildman–Crippen LogP) is 4.24. The molecule has 0 fully saturated rings. The van der Waals surface area contributed by atoms with Gasteiger partial charge in [-0.25, -0.2) is 9.78 Å².